The molecule has 0 unspecified atom stereocenters. The quantitative estimate of drug-likeness (QED) is 0.365. The summed E-state index contributed by atoms with van der Waals surface area (Å²) in [6.07, 6.45) is -3.39. The number of alkyl halides is 6. The largest absolute Gasteiger partial charge is 0.490 e. The molecule has 1 aromatic carbocycles. The summed E-state index contributed by atoms with van der Waals surface area (Å²) in [5.74, 6) is -4.72. The van der Waals surface area contributed by atoms with Gasteiger partial charge in [0.2, 0.25) is 0 Å². The van der Waals surface area contributed by atoms with Crippen LogP contribution in [-0.2, 0) is 21.7 Å². The molecule has 232 valence electrons. The molecule has 0 radical (unpaired) electrons. The van der Waals surface area contributed by atoms with Crippen LogP contribution in [0.3, 0.4) is 0 Å². The summed E-state index contributed by atoms with van der Waals surface area (Å²) in [4.78, 5) is 41.2. The molecule has 2 aliphatic rings. The number of aliphatic carboxylic acids is 2. The molecule has 1 amide bonds. The third-order valence-electron chi connectivity index (χ3n) is 6.52. The number of nitrogens with zero attached hydrogens (tertiary/aromatic N) is 4. The Morgan fingerprint density at radius 3 is 1.91 bits per heavy atom. The van der Waals surface area contributed by atoms with Crippen molar-refractivity contribution in [3.05, 3.63) is 72.2 Å². The standard InChI is InChI=1S/C22H22FN5O.2C2HF3O2/c23-18-5-3-16(4-6-18)19-15-25-21-22(26-10-13-28(19)21)7-11-27(12-8-22)20(29)17-2-1-9-24-14-17;2*3-2(4,5)1(6)7/h1-6,9,14-15,26H,7-8,10-13H2;2*(H,6,7). The van der Waals surface area contributed by atoms with Gasteiger partial charge in [0.05, 0.1) is 23.0 Å². The van der Waals surface area contributed by atoms with Gasteiger partial charge in [0.15, 0.2) is 0 Å². The number of hydrogen-bond donors (Lipinski definition) is 3. The molecule has 5 rings (SSSR count). The number of carboxylic acids is 2. The number of hydrogen-bond acceptors (Lipinski definition) is 6. The van der Waals surface area contributed by atoms with Crippen LogP contribution >= 0.6 is 0 Å². The van der Waals surface area contributed by atoms with E-state index >= 15 is 0 Å². The van der Waals surface area contributed by atoms with Crippen molar-refractivity contribution in [2.75, 3.05) is 19.6 Å². The Morgan fingerprint density at radius 2 is 1.42 bits per heavy atom. The SMILES string of the molecule is O=C(O)C(F)(F)F.O=C(O)C(F)(F)F.O=C(c1cccnc1)N1CCC2(CC1)NCCn1c(-c3ccc(F)cc3)cnc12. The maximum absolute atomic E-state index is 13.3. The van der Waals surface area contributed by atoms with Crippen LogP contribution in [0.2, 0.25) is 0 Å². The average molecular weight is 619 g/mol. The Labute approximate surface area is 238 Å². The lowest BCUT2D eigenvalue weighted by Crippen LogP contribution is -2.56. The smallest absolute Gasteiger partial charge is 0.475 e. The van der Waals surface area contributed by atoms with Gasteiger partial charge < -0.3 is 25.0 Å². The Kier molecular flexibility index (Phi) is 10.1. The second-order valence-electron chi connectivity index (χ2n) is 9.27. The zero-order chi connectivity index (χ0) is 32.0. The van der Waals surface area contributed by atoms with Crippen molar-refractivity contribution in [1.29, 1.82) is 0 Å². The summed E-state index contributed by atoms with van der Waals surface area (Å²) < 4.78 is 79.0. The maximum Gasteiger partial charge on any atom is 0.490 e. The molecule has 1 saturated heterocycles. The van der Waals surface area contributed by atoms with Crippen LogP contribution in [0, 0.1) is 5.82 Å². The predicted molar refractivity (Wildman–Crippen MR) is 134 cm³/mol. The highest BCUT2D eigenvalue weighted by Gasteiger charge is 2.43. The van der Waals surface area contributed by atoms with Crippen LogP contribution in [0.25, 0.3) is 11.3 Å². The second-order valence-corrected chi connectivity index (χ2v) is 9.27. The normalized spacial score (nSPS) is 15.7. The lowest BCUT2D eigenvalue weighted by Gasteiger charge is -2.44. The summed E-state index contributed by atoms with van der Waals surface area (Å²) in [7, 11) is 0. The fourth-order valence-electron chi connectivity index (χ4n) is 4.48. The van der Waals surface area contributed by atoms with Gasteiger partial charge in [-0.3, -0.25) is 9.78 Å². The van der Waals surface area contributed by atoms with Crippen molar-refractivity contribution in [3.8, 4) is 11.3 Å². The van der Waals surface area contributed by atoms with E-state index < -0.39 is 24.3 Å². The Morgan fingerprint density at radius 1 is 0.860 bits per heavy atom. The number of amides is 1. The van der Waals surface area contributed by atoms with E-state index in [0.29, 0.717) is 18.7 Å². The number of pyridine rings is 1. The first kappa shape index (κ1) is 33.0. The molecule has 17 heteroatoms. The van der Waals surface area contributed by atoms with E-state index in [0.717, 1.165) is 43.0 Å². The topological polar surface area (TPSA) is 138 Å². The van der Waals surface area contributed by atoms with Crippen LogP contribution in [0.15, 0.2) is 55.0 Å². The number of halogens is 7. The molecule has 0 bridgehead atoms. The van der Waals surface area contributed by atoms with Gasteiger partial charge >= 0.3 is 24.3 Å². The van der Waals surface area contributed by atoms with Crippen molar-refractivity contribution in [1.82, 2.24) is 24.8 Å². The summed E-state index contributed by atoms with van der Waals surface area (Å²) in [5, 5.41) is 17.9. The highest BCUT2D eigenvalue weighted by atomic mass is 19.4. The average Bonchev–Trinajstić information content (AvgIpc) is 3.39. The number of likely N-dealkylation sites (tertiary alicyclic amines) is 1. The lowest BCUT2D eigenvalue weighted by molar-refractivity contribution is -0.193. The highest BCUT2D eigenvalue weighted by Crippen LogP contribution is 2.37. The molecule has 0 aliphatic carbocycles. The molecule has 4 heterocycles. The molecule has 2 aliphatic heterocycles. The molecule has 2 aromatic heterocycles. The molecule has 43 heavy (non-hydrogen) atoms. The minimum absolute atomic E-state index is 0.0269. The summed E-state index contributed by atoms with van der Waals surface area (Å²) in [5.41, 5.74) is 2.36. The molecular weight excluding hydrogens is 595 g/mol. The predicted octanol–water partition coefficient (Wildman–Crippen LogP) is 4.09. The number of carbonyl (C=O) groups is 3. The zero-order valence-electron chi connectivity index (χ0n) is 22.0. The number of carbonyl (C=O) groups excluding carboxylic acids is 1. The fraction of sp³-hybridized carbons (Fsp3) is 0.346. The van der Waals surface area contributed by atoms with Gasteiger partial charge in [0, 0.05) is 38.6 Å². The Bertz CT molecular complexity index is 1390. The molecule has 1 fully saturated rings. The van der Waals surface area contributed by atoms with Crippen LogP contribution in [-0.4, -0.2) is 79.5 Å². The number of benzene rings is 1. The first-order valence-corrected chi connectivity index (χ1v) is 12.4. The molecule has 3 N–H and O–H groups in total. The first-order chi connectivity index (χ1) is 20.0. The van der Waals surface area contributed by atoms with E-state index in [2.05, 4.69) is 14.9 Å². The highest BCUT2D eigenvalue weighted by molar-refractivity contribution is 5.94. The zero-order valence-corrected chi connectivity index (χ0v) is 22.0. The number of carboxylic acid groups (broad SMARTS) is 2. The number of imidazole rings is 1. The van der Waals surface area contributed by atoms with Gasteiger partial charge in [0.1, 0.15) is 11.6 Å². The number of rotatable bonds is 2. The number of aromatic nitrogens is 3. The minimum Gasteiger partial charge on any atom is -0.475 e. The van der Waals surface area contributed by atoms with Gasteiger partial charge in [-0.25, -0.2) is 19.0 Å². The molecule has 0 atom stereocenters. The summed E-state index contributed by atoms with van der Waals surface area (Å²) in [6, 6.07) is 10.1. The van der Waals surface area contributed by atoms with Crippen molar-refractivity contribution < 1.29 is 55.3 Å². The van der Waals surface area contributed by atoms with Gasteiger partial charge in [0.25, 0.3) is 5.91 Å². The Hall–Kier alpha value is -4.54. The van der Waals surface area contributed by atoms with E-state index in [1.54, 1.807) is 36.7 Å². The monoisotopic (exact) mass is 619 g/mol. The second kappa shape index (κ2) is 13.2. The van der Waals surface area contributed by atoms with E-state index in [4.69, 9.17) is 24.8 Å². The van der Waals surface area contributed by atoms with E-state index in [-0.39, 0.29) is 17.3 Å². The first-order valence-electron chi connectivity index (χ1n) is 12.4. The van der Waals surface area contributed by atoms with Crippen LogP contribution in [0.1, 0.15) is 29.0 Å². The van der Waals surface area contributed by atoms with E-state index in [1.807, 2.05) is 11.1 Å². The van der Waals surface area contributed by atoms with Crippen LogP contribution in [0.4, 0.5) is 30.7 Å². The van der Waals surface area contributed by atoms with Crippen molar-refractivity contribution in [3.63, 3.8) is 0 Å². The van der Waals surface area contributed by atoms with Gasteiger partial charge in [-0.2, -0.15) is 26.3 Å². The van der Waals surface area contributed by atoms with Gasteiger partial charge in [-0.1, -0.05) is 0 Å². The third kappa shape index (κ3) is 8.27. The maximum atomic E-state index is 13.3. The van der Waals surface area contributed by atoms with Gasteiger partial charge in [-0.15, -0.1) is 0 Å². The number of piperidine rings is 1. The number of nitrogens with one attached hydrogen (secondary N) is 1. The van der Waals surface area contributed by atoms with E-state index in [9.17, 15) is 35.5 Å². The third-order valence-corrected chi connectivity index (χ3v) is 6.52. The van der Waals surface area contributed by atoms with Gasteiger partial charge in [-0.05, 0) is 54.8 Å². The van der Waals surface area contributed by atoms with Crippen molar-refractivity contribution in [2.45, 2.75) is 37.3 Å². The molecule has 1 spiro atoms. The van der Waals surface area contributed by atoms with Crippen molar-refractivity contribution >= 4 is 17.8 Å². The van der Waals surface area contributed by atoms with Crippen LogP contribution < -0.4 is 5.32 Å². The Balaban J connectivity index is 0.000000303. The lowest BCUT2D eigenvalue weighted by atomic mass is 9.85. The van der Waals surface area contributed by atoms with E-state index in [1.165, 1.54) is 12.1 Å². The fourth-order valence-corrected chi connectivity index (χ4v) is 4.48. The molecular formula is C26H24F7N5O5. The number of fused-ring (bicyclic) bond motifs is 2. The molecule has 0 saturated carbocycles. The summed E-state index contributed by atoms with van der Waals surface area (Å²) in [6.45, 7) is 3.00. The molecule has 3 aromatic rings. The van der Waals surface area contributed by atoms with Crippen molar-refractivity contribution in [2.24, 2.45) is 0 Å². The molecule has 10 nitrogen and oxygen atoms in total. The minimum atomic E-state index is -5.08. The van der Waals surface area contributed by atoms with Crippen LogP contribution in [0.5, 0.6) is 0 Å². The summed E-state index contributed by atoms with van der Waals surface area (Å²) >= 11 is 0.